The number of unbranched alkanes of at least 4 members (excludes halogenated alkanes) is 3. The lowest BCUT2D eigenvalue weighted by atomic mass is 10.1. The Morgan fingerprint density at radius 1 is 0.548 bits per heavy atom. The number of amides is 5. The first-order chi connectivity index (χ1) is 44.3. The highest BCUT2D eigenvalue weighted by Gasteiger charge is 2.27. The number of imidazole rings is 1. The van der Waals surface area contributed by atoms with Crippen LogP contribution in [-0.2, 0) is 85.5 Å². The summed E-state index contributed by atoms with van der Waals surface area (Å²) < 4.78 is 9.14. The van der Waals surface area contributed by atoms with Gasteiger partial charge >= 0.3 is 53.8 Å². The Labute approximate surface area is 534 Å². The van der Waals surface area contributed by atoms with E-state index in [9.17, 15) is 93.3 Å². The molecular formula is C57H85N15O21. The zero-order valence-electron chi connectivity index (χ0n) is 51.6. The van der Waals surface area contributed by atoms with Gasteiger partial charge in [-0.2, -0.15) is 0 Å². The van der Waals surface area contributed by atoms with Gasteiger partial charge in [-0.3, -0.25) is 72.3 Å². The van der Waals surface area contributed by atoms with Gasteiger partial charge in [0.2, 0.25) is 17.7 Å². The van der Waals surface area contributed by atoms with Crippen molar-refractivity contribution in [3.05, 3.63) is 59.9 Å². The number of urea groups is 1. The largest absolute Gasteiger partial charge is 0.487 e. The molecule has 4 rings (SSSR count). The first-order valence-corrected chi connectivity index (χ1v) is 30.2. The summed E-state index contributed by atoms with van der Waals surface area (Å²) in [4.78, 5) is 157. The van der Waals surface area contributed by atoms with Gasteiger partial charge in [0, 0.05) is 104 Å². The van der Waals surface area contributed by atoms with Crippen LogP contribution >= 0.6 is 0 Å². The number of aromatic nitrogens is 5. The number of nitrogens with one attached hydrogen (secondary N) is 4. The second-order valence-electron chi connectivity index (χ2n) is 22.1. The number of hydrogen-bond acceptors (Lipinski definition) is 21. The maximum absolute atomic E-state index is 13.2. The topological polar surface area (TPSA) is 492 Å². The molecule has 12 N–H and O–H groups in total. The number of carbonyl (C=O) groups excluding carboxylic acids is 4. The van der Waals surface area contributed by atoms with Crippen LogP contribution in [0, 0.1) is 0 Å². The third-order valence-electron chi connectivity index (χ3n) is 14.5. The molecule has 36 heteroatoms. The summed E-state index contributed by atoms with van der Waals surface area (Å²) in [6, 6.07) is 3.27. The van der Waals surface area contributed by atoms with E-state index in [1.807, 2.05) is 17.0 Å². The SMILES string of the molecule is O=C(O)CC[C@H](NC(=O)N[C@@H](CCCCNC(=O)CCCCCN(Cc1ccc(OCc2cn(CCCNC(=O)CN3CCN(CC(=O)O)CCN(CC(=O)O)CCN(CC(=O)O)CC3)nn2)cc1)Cc1nccn1CC(=O)N(CC(=O)O)CC(=O)O)C(=O)O)C(=O)O. The highest BCUT2D eigenvalue weighted by molar-refractivity contribution is 5.87. The first-order valence-electron chi connectivity index (χ1n) is 30.2. The molecule has 1 aliphatic rings. The van der Waals surface area contributed by atoms with Crippen LogP contribution in [0.15, 0.2) is 42.9 Å². The van der Waals surface area contributed by atoms with Crippen LogP contribution in [0.4, 0.5) is 4.79 Å². The van der Waals surface area contributed by atoms with Gasteiger partial charge < -0.3 is 76.3 Å². The second kappa shape index (κ2) is 41.2. The quantitative estimate of drug-likeness (QED) is 0.0271. The fourth-order valence-electron chi connectivity index (χ4n) is 9.72. The minimum Gasteiger partial charge on any atom is -0.487 e. The molecule has 2 atom stereocenters. The van der Waals surface area contributed by atoms with Gasteiger partial charge in [-0.1, -0.05) is 23.8 Å². The lowest BCUT2D eigenvalue weighted by molar-refractivity contribution is -0.149. The van der Waals surface area contributed by atoms with Crippen molar-refractivity contribution >= 4 is 71.5 Å². The van der Waals surface area contributed by atoms with E-state index in [0.29, 0.717) is 93.5 Å². The van der Waals surface area contributed by atoms with Crippen LogP contribution in [0.1, 0.15) is 81.3 Å². The summed E-state index contributed by atoms with van der Waals surface area (Å²) in [6.07, 6.45) is 6.79. The van der Waals surface area contributed by atoms with Crippen LogP contribution < -0.4 is 26.0 Å². The molecule has 514 valence electrons. The Morgan fingerprint density at radius 2 is 1.09 bits per heavy atom. The third-order valence-corrected chi connectivity index (χ3v) is 14.5. The standard InChI is InChI=1S/C57H85N15O21/c73-46(59-15-4-3-7-43(55(88)89)61-57(92)62-44(56(90)91)13-14-49(76)77)8-2-1-5-18-69(31-45-58-17-20-70(45)33-48(75)71(37-53(84)85)38-54(86)87)29-40-9-11-42(12-10-40)93-39-41-30-72(64-63-41)19-6-16-60-47(74)32-65-21-23-66(34-50(78)79)25-27-68(36-52(82)83)28-26-67(24-22-65)35-51(80)81/h9-12,17,20,30,43-44H,1-8,13-16,18-19,21-29,31-39H2,(H,59,73)(H,60,74)(H,76,77)(H,78,79)(H,80,81)(H,82,83)(H,84,85)(H,86,87)(H,88,89)(H,90,91)(H2,61,62,92)/t43-,44-/m0/s1. The van der Waals surface area contributed by atoms with E-state index in [0.717, 1.165) is 5.56 Å². The molecule has 36 nitrogen and oxygen atoms in total. The smallest absolute Gasteiger partial charge is 0.326 e. The van der Waals surface area contributed by atoms with Crippen LogP contribution in [0.3, 0.4) is 0 Å². The van der Waals surface area contributed by atoms with Crippen LogP contribution in [0.5, 0.6) is 5.75 Å². The summed E-state index contributed by atoms with van der Waals surface area (Å²) in [5, 5.41) is 93.1. The molecule has 93 heavy (non-hydrogen) atoms. The van der Waals surface area contributed by atoms with E-state index in [-0.39, 0.29) is 123 Å². The summed E-state index contributed by atoms with van der Waals surface area (Å²) in [5.41, 5.74) is 1.40. The molecule has 1 fully saturated rings. The molecular weight excluding hydrogens is 1230 g/mol. The average Bonchev–Trinajstić information content (AvgIpc) is 2.07. The van der Waals surface area contributed by atoms with Crippen molar-refractivity contribution in [2.75, 3.05) is 111 Å². The van der Waals surface area contributed by atoms with Crippen LogP contribution in [-0.4, -0.2) is 290 Å². The molecule has 0 spiro atoms. The molecule has 1 aliphatic heterocycles. The molecule has 0 saturated carbocycles. The number of ether oxygens (including phenoxy) is 1. The Kier molecular flexibility index (Phi) is 33.7. The predicted molar refractivity (Wildman–Crippen MR) is 322 cm³/mol. The summed E-state index contributed by atoms with van der Waals surface area (Å²) in [6.45, 7) is 1.35. The fourth-order valence-corrected chi connectivity index (χ4v) is 9.72. The predicted octanol–water partition coefficient (Wildman–Crippen LogP) is -2.05. The molecule has 3 heterocycles. The zero-order valence-corrected chi connectivity index (χ0v) is 51.6. The number of carboxylic acid groups (broad SMARTS) is 8. The minimum absolute atomic E-state index is 0.0283. The lowest BCUT2D eigenvalue weighted by Crippen LogP contribution is -2.51. The Balaban J connectivity index is 1.27. The molecule has 1 saturated heterocycles. The highest BCUT2D eigenvalue weighted by Crippen LogP contribution is 2.18. The number of rotatable bonds is 43. The molecule has 1 aromatic carbocycles. The van der Waals surface area contributed by atoms with Crippen LogP contribution in [0.2, 0.25) is 0 Å². The van der Waals surface area contributed by atoms with Gasteiger partial charge in [0.15, 0.2) is 0 Å². The average molecular weight is 1320 g/mol. The van der Waals surface area contributed by atoms with Gasteiger partial charge in [-0.15, -0.1) is 5.10 Å². The monoisotopic (exact) mass is 1320 g/mol. The van der Waals surface area contributed by atoms with E-state index in [1.165, 1.54) is 17.0 Å². The number of carboxylic acids is 8. The summed E-state index contributed by atoms with van der Waals surface area (Å²) in [5.74, 6) is -10.4. The van der Waals surface area contributed by atoms with Crippen molar-refractivity contribution in [3.63, 3.8) is 0 Å². The van der Waals surface area contributed by atoms with Crippen molar-refractivity contribution in [1.29, 1.82) is 0 Å². The van der Waals surface area contributed by atoms with Crippen molar-refractivity contribution in [1.82, 2.24) is 75.2 Å². The summed E-state index contributed by atoms with van der Waals surface area (Å²) in [7, 11) is 0. The van der Waals surface area contributed by atoms with Crippen LogP contribution in [0.25, 0.3) is 0 Å². The zero-order chi connectivity index (χ0) is 68.2. The van der Waals surface area contributed by atoms with Gasteiger partial charge in [0.05, 0.1) is 38.9 Å². The van der Waals surface area contributed by atoms with Gasteiger partial charge in [-0.05, 0) is 69.2 Å². The summed E-state index contributed by atoms with van der Waals surface area (Å²) >= 11 is 0. The number of carbonyl (C=O) groups is 12. The van der Waals surface area contributed by atoms with E-state index in [1.54, 1.807) is 37.7 Å². The normalized spacial score (nSPS) is 14.3. The molecule has 5 amide bonds. The molecule has 2 aromatic heterocycles. The van der Waals surface area contributed by atoms with Crippen molar-refractivity contribution in [2.24, 2.45) is 0 Å². The Morgan fingerprint density at radius 3 is 1.62 bits per heavy atom. The van der Waals surface area contributed by atoms with Crippen molar-refractivity contribution in [2.45, 2.75) is 109 Å². The molecule has 0 bridgehead atoms. The Hall–Kier alpha value is -9.39. The highest BCUT2D eigenvalue weighted by atomic mass is 16.5. The van der Waals surface area contributed by atoms with E-state index >= 15 is 0 Å². The number of nitrogens with zero attached hydrogens (tertiary/aromatic N) is 11. The Bertz CT molecular complexity index is 2900. The molecule has 0 aliphatic carbocycles. The minimum atomic E-state index is -1.55. The number of benzene rings is 1. The van der Waals surface area contributed by atoms with E-state index in [2.05, 4.69) is 41.5 Å². The lowest BCUT2D eigenvalue weighted by Gasteiger charge is -2.32. The van der Waals surface area contributed by atoms with Gasteiger partial charge in [0.1, 0.15) is 55.6 Å². The first kappa shape index (κ1) is 76.1. The molecule has 3 aromatic rings. The molecule has 0 radical (unpaired) electrons. The number of aliphatic carboxylic acids is 8. The van der Waals surface area contributed by atoms with E-state index < -0.39 is 97.7 Å². The number of aryl methyl sites for hydroxylation is 1. The van der Waals surface area contributed by atoms with Crippen molar-refractivity contribution < 1.29 is 103 Å². The maximum atomic E-state index is 13.2. The van der Waals surface area contributed by atoms with Gasteiger partial charge in [-0.25, -0.2) is 19.4 Å². The second-order valence-corrected chi connectivity index (χ2v) is 22.1. The fraction of sp³-hybridized carbons (Fsp3) is 0.596. The third kappa shape index (κ3) is 32.5. The van der Waals surface area contributed by atoms with E-state index in [4.69, 9.17) is 9.84 Å². The molecule has 0 unspecified atom stereocenters. The maximum Gasteiger partial charge on any atom is 0.326 e. The van der Waals surface area contributed by atoms with Gasteiger partial charge in [0.25, 0.3) is 0 Å². The number of hydrogen-bond donors (Lipinski definition) is 12. The van der Waals surface area contributed by atoms with Crippen molar-refractivity contribution in [3.8, 4) is 5.75 Å².